The summed E-state index contributed by atoms with van der Waals surface area (Å²) in [4.78, 5) is 24.5. The summed E-state index contributed by atoms with van der Waals surface area (Å²) in [5.41, 5.74) is 0.677. The largest absolute Gasteiger partial charge is 0.481 e. The van der Waals surface area contributed by atoms with Crippen LogP contribution in [0.15, 0.2) is 30.3 Å². The van der Waals surface area contributed by atoms with E-state index in [2.05, 4.69) is 0 Å². The lowest BCUT2D eigenvalue weighted by atomic mass is 10.1. The number of carbonyl (C=O) groups is 2. The maximum atomic E-state index is 12.0. The predicted molar refractivity (Wildman–Crippen MR) is 70.3 cm³/mol. The fraction of sp³-hybridized carbons (Fsp3) is 0.429. The number of aliphatic carboxylic acids is 1. The van der Waals surface area contributed by atoms with Crippen molar-refractivity contribution in [3.05, 3.63) is 35.9 Å². The van der Waals surface area contributed by atoms with Crippen LogP contribution in [-0.4, -0.2) is 48.4 Å². The van der Waals surface area contributed by atoms with E-state index in [4.69, 9.17) is 14.6 Å². The first-order chi connectivity index (χ1) is 9.66. The van der Waals surface area contributed by atoms with Gasteiger partial charge in [0.2, 0.25) is 0 Å². The van der Waals surface area contributed by atoms with Crippen LogP contribution in [0.3, 0.4) is 0 Å². The van der Waals surface area contributed by atoms with E-state index < -0.39 is 18.2 Å². The Morgan fingerprint density at radius 3 is 2.50 bits per heavy atom. The SMILES string of the molecule is O=C(O)CC(OC(=O)N1CCOCC1)c1ccccc1. The van der Waals surface area contributed by atoms with Gasteiger partial charge in [0.05, 0.1) is 19.6 Å². The molecule has 1 atom stereocenters. The van der Waals surface area contributed by atoms with Crippen LogP contribution in [0.2, 0.25) is 0 Å². The van der Waals surface area contributed by atoms with Crippen molar-refractivity contribution in [3.63, 3.8) is 0 Å². The molecule has 1 heterocycles. The van der Waals surface area contributed by atoms with Gasteiger partial charge in [0.25, 0.3) is 0 Å². The third-order valence-electron chi connectivity index (χ3n) is 3.04. The third-order valence-corrected chi connectivity index (χ3v) is 3.04. The van der Waals surface area contributed by atoms with Crippen LogP contribution < -0.4 is 0 Å². The fourth-order valence-electron chi connectivity index (χ4n) is 2.00. The molecule has 1 saturated heterocycles. The van der Waals surface area contributed by atoms with Crippen molar-refractivity contribution in [2.75, 3.05) is 26.3 Å². The topological polar surface area (TPSA) is 76.1 Å². The van der Waals surface area contributed by atoms with Crippen LogP contribution in [0, 0.1) is 0 Å². The predicted octanol–water partition coefficient (Wildman–Crippen LogP) is 1.67. The fourth-order valence-corrected chi connectivity index (χ4v) is 2.00. The molecule has 1 aromatic rings. The monoisotopic (exact) mass is 279 g/mol. The minimum Gasteiger partial charge on any atom is -0.481 e. The summed E-state index contributed by atoms with van der Waals surface area (Å²) >= 11 is 0. The molecular formula is C14H17NO5. The maximum absolute atomic E-state index is 12.0. The van der Waals surface area contributed by atoms with Gasteiger partial charge in [-0.3, -0.25) is 4.79 Å². The first-order valence-electron chi connectivity index (χ1n) is 6.47. The van der Waals surface area contributed by atoms with Crippen molar-refractivity contribution in [3.8, 4) is 0 Å². The number of amides is 1. The molecule has 20 heavy (non-hydrogen) atoms. The summed E-state index contributed by atoms with van der Waals surface area (Å²) in [5, 5.41) is 8.94. The zero-order chi connectivity index (χ0) is 14.4. The second-order valence-corrected chi connectivity index (χ2v) is 4.48. The molecule has 0 radical (unpaired) electrons. The zero-order valence-electron chi connectivity index (χ0n) is 11.0. The van der Waals surface area contributed by atoms with Gasteiger partial charge in [-0.1, -0.05) is 30.3 Å². The van der Waals surface area contributed by atoms with Gasteiger partial charge in [-0.15, -0.1) is 0 Å². The van der Waals surface area contributed by atoms with E-state index in [9.17, 15) is 9.59 Å². The van der Waals surface area contributed by atoms with Gasteiger partial charge in [0.15, 0.2) is 0 Å². The Kier molecular flexibility index (Phi) is 4.95. The molecule has 1 aliphatic heterocycles. The van der Waals surface area contributed by atoms with Gasteiger partial charge >= 0.3 is 12.1 Å². The molecule has 6 nitrogen and oxygen atoms in total. The van der Waals surface area contributed by atoms with Crippen molar-refractivity contribution in [2.24, 2.45) is 0 Å². The highest BCUT2D eigenvalue weighted by molar-refractivity contribution is 5.71. The third kappa shape index (κ3) is 3.96. The lowest BCUT2D eigenvalue weighted by Gasteiger charge is -2.28. The first kappa shape index (κ1) is 14.3. The molecular weight excluding hydrogens is 262 g/mol. The number of carboxylic acids is 1. The Hall–Kier alpha value is -2.08. The average molecular weight is 279 g/mol. The minimum absolute atomic E-state index is 0.250. The van der Waals surface area contributed by atoms with Crippen molar-refractivity contribution in [2.45, 2.75) is 12.5 Å². The summed E-state index contributed by atoms with van der Waals surface area (Å²) in [6.07, 6.45) is -1.52. The van der Waals surface area contributed by atoms with Gasteiger partial charge in [-0.25, -0.2) is 4.79 Å². The van der Waals surface area contributed by atoms with Gasteiger partial charge in [0, 0.05) is 13.1 Å². The molecule has 2 rings (SSSR count). The summed E-state index contributed by atoms with van der Waals surface area (Å²) < 4.78 is 10.5. The molecule has 0 bridgehead atoms. The highest BCUT2D eigenvalue weighted by Gasteiger charge is 2.24. The van der Waals surface area contributed by atoms with Gasteiger partial charge in [-0.2, -0.15) is 0 Å². The van der Waals surface area contributed by atoms with E-state index in [1.807, 2.05) is 6.07 Å². The molecule has 1 aromatic carbocycles. The standard InChI is InChI=1S/C14H17NO5/c16-13(17)10-12(11-4-2-1-3-5-11)20-14(18)15-6-8-19-9-7-15/h1-5,12H,6-10H2,(H,16,17). The normalized spacial score (nSPS) is 16.5. The molecule has 1 amide bonds. The Morgan fingerprint density at radius 2 is 1.90 bits per heavy atom. The summed E-state index contributed by atoms with van der Waals surface area (Å²) in [7, 11) is 0. The van der Waals surface area contributed by atoms with Crippen molar-refractivity contribution >= 4 is 12.1 Å². The van der Waals surface area contributed by atoms with E-state index in [1.165, 1.54) is 4.90 Å². The average Bonchev–Trinajstić information content (AvgIpc) is 2.48. The molecule has 1 unspecified atom stereocenters. The van der Waals surface area contributed by atoms with Crippen LogP contribution in [0.4, 0.5) is 4.79 Å². The van der Waals surface area contributed by atoms with Crippen molar-refractivity contribution < 1.29 is 24.2 Å². The molecule has 108 valence electrons. The molecule has 0 aliphatic carbocycles. The Balaban J connectivity index is 2.03. The Bertz CT molecular complexity index is 456. The van der Waals surface area contributed by atoms with Gasteiger partial charge in [-0.05, 0) is 5.56 Å². The van der Waals surface area contributed by atoms with Crippen LogP contribution >= 0.6 is 0 Å². The number of ether oxygens (including phenoxy) is 2. The van der Waals surface area contributed by atoms with E-state index in [0.29, 0.717) is 31.9 Å². The molecule has 1 aliphatic rings. The Morgan fingerprint density at radius 1 is 1.25 bits per heavy atom. The maximum Gasteiger partial charge on any atom is 0.410 e. The smallest absolute Gasteiger partial charge is 0.410 e. The molecule has 1 fully saturated rings. The molecule has 6 heteroatoms. The number of benzene rings is 1. The number of hydrogen-bond acceptors (Lipinski definition) is 4. The lowest BCUT2D eigenvalue weighted by molar-refractivity contribution is -0.139. The molecule has 1 N–H and O–H groups in total. The second kappa shape index (κ2) is 6.91. The summed E-state index contributed by atoms with van der Waals surface area (Å²) in [6.45, 7) is 1.88. The lowest BCUT2D eigenvalue weighted by Crippen LogP contribution is -2.41. The minimum atomic E-state index is -1.01. The van der Waals surface area contributed by atoms with Crippen molar-refractivity contribution in [1.82, 2.24) is 4.90 Å². The summed E-state index contributed by atoms with van der Waals surface area (Å²) in [5.74, 6) is -1.01. The number of carbonyl (C=O) groups excluding carboxylic acids is 1. The molecule has 0 spiro atoms. The van der Waals surface area contributed by atoms with Crippen LogP contribution in [-0.2, 0) is 14.3 Å². The highest BCUT2D eigenvalue weighted by Crippen LogP contribution is 2.22. The Labute approximate surface area is 116 Å². The van der Waals surface area contributed by atoms with Crippen molar-refractivity contribution in [1.29, 1.82) is 0 Å². The van der Waals surface area contributed by atoms with Crippen LogP contribution in [0.5, 0.6) is 0 Å². The van der Waals surface area contributed by atoms with E-state index in [-0.39, 0.29) is 6.42 Å². The highest BCUT2D eigenvalue weighted by atomic mass is 16.6. The number of morpholine rings is 1. The zero-order valence-corrected chi connectivity index (χ0v) is 11.0. The second-order valence-electron chi connectivity index (χ2n) is 4.48. The number of rotatable bonds is 4. The van der Waals surface area contributed by atoms with E-state index >= 15 is 0 Å². The first-order valence-corrected chi connectivity index (χ1v) is 6.47. The number of hydrogen-bond donors (Lipinski definition) is 1. The van der Waals surface area contributed by atoms with Gasteiger partial charge in [0.1, 0.15) is 6.10 Å². The number of nitrogens with zero attached hydrogens (tertiary/aromatic N) is 1. The quantitative estimate of drug-likeness (QED) is 0.907. The van der Waals surface area contributed by atoms with E-state index in [0.717, 1.165) is 0 Å². The molecule has 0 aromatic heterocycles. The summed E-state index contributed by atoms with van der Waals surface area (Å²) in [6, 6.07) is 8.89. The molecule has 0 saturated carbocycles. The number of carboxylic acid groups (broad SMARTS) is 1. The van der Waals surface area contributed by atoms with Crippen LogP contribution in [0.1, 0.15) is 18.1 Å². The van der Waals surface area contributed by atoms with Crippen LogP contribution in [0.25, 0.3) is 0 Å². The van der Waals surface area contributed by atoms with E-state index in [1.54, 1.807) is 24.3 Å². The van der Waals surface area contributed by atoms with Gasteiger partial charge < -0.3 is 19.5 Å².